The zero-order chi connectivity index (χ0) is 13.5. The third-order valence-electron chi connectivity index (χ3n) is 2.02. The Hall–Kier alpha value is -2.52. The molecular formula is C12H12N2O4. The molecule has 0 aliphatic heterocycles. The van der Waals surface area contributed by atoms with Gasteiger partial charge in [0, 0.05) is 11.8 Å². The van der Waals surface area contributed by atoms with Gasteiger partial charge >= 0.3 is 5.97 Å². The average molecular weight is 248 g/mol. The van der Waals surface area contributed by atoms with E-state index in [1.54, 1.807) is 0 Å². The lowest BCUT2D eigenvalue weighted by Crippen LogP contribution is -2.28. The highest BCUT2D eigenvalue weighted by atomic mass is 16.4. The number of anilines is 1. The van der Waals surface area contributed by atoms with Crippen LogP contribution in [-0.2, 0) is 4.79 Å². The van der Waals surface area contributed by atoms with E-state index in [2.05, 4.69) is 16.6 Å². The molecule has 0 fully saturated rings. The van der Waals surface area contributed by atoms with Gasteiger partial charge in [-0.05, 0) is 12.1 Å². The summed E-state index contributed by atoms with van der Waals surface area (Å²) in [6, 6.07) is 3.77. The molecule has 0 saturated carbocycles. The number of hydrogen-bond acceptors (Lipinski definition) is 4. The molecule has 4 N–H and O–H groups in total. The molecular weight excluding hydrogens is 236 g/mol. The van der Waals surface area contributed by atoms with Gasteiger partial charge in [0.2, 0.25) is 5.91 Å². The smallest absolute Gasteiger partial charge is 0.339 e. The van der Waals surface area contributed by atoms with E-state index in [0.29, 0.717) is 5.69 Å². The highest BCUT2D eigenvalue weighted by Crippen LogP contribution is 2.21. The summed E-state index contributed by atoms with van der Waals surface area (Å²) in [5.41, 5.74) is 0.0865. The minimum atomic E-state index is -1.24. The van der Waals surface area contributed by atoms with Gasteiger partial charge in [0.05, 0.1) is 13.1 Å². The van der Waals surface area contributed by atoms with E-state index in [-0.39, 0.29) is 24.6 Å². The number of carbonyl (C=O) groups excluding carboxylic acids is 1. The lowest BCUT2D eigenvalue weighted by Gasteiger charge is -2.07. The monoisotopic (exact) mass is 248 g/mol. The molecule has 0 atom stereocenters. The van der Waals surface area contributed by atoms with Crippen molar-refractivity contribution in [2.45, 2.75) is 0 Å². The Morgan fingerprint density at radius 2 is 2.11 bits per heavy atom. The molecule has 1 aromatic rings. The number of benzene rings is 1. The van der Waals surface area contributed by atoms with Gasteiger partial charge in [-0.25, -0.2) is 4.79 Å². The molecule has 0 heterocycles. The summed E-state index contributed by atoms with van der Waals surface area (Å²) in [4.78, 5) is 22.0. The third kappa shape index (κ3) is 3.81. The van der Waals surface area contributed by atoms with Crippen molar-refractivity contribution in [3.8, 4) is 18.1 Å². The second kappa shape index (κ2) is 6.27. The van der Waals surface area contributed by atoms with Crippen molar-refractivity contribution in [1.82, 2.24) is 5.32 Å². The molecule has 6 heteroatoms. The molecule has 0 aliphatic carbocycles. The van der Waals surface area contributed by atoms with Gasteiger partial charge in [0.15, 0.2) is 0 Å². The Bertz CT molecular complexity index is 505. The highest BCUT2D eigenvalue weighted by molar-refractivity contribution is 5.95. The van der Waals surface area contributed by atoms with Crippen LogP contribution in [0.3, 0.4) is 0 Å². The Morgan fingerprint density at radius 1 is 1.39 bits per heavy atom. The van der Waals surface area contributed by atoms with Crippen LogP contribution in [0.5, 0.6) is 5.75 Å². The molecule has 1 aromatic carbocycles. The summed E-state index contributed by atoms with van der Waals surface area (Å²) in [6.07, 6.45) is 5.00. The summed E-state index contributed by atoms with van der Waals surface area (Å²) >= 11 is 0. The molecule has 0 spiro atoms. The quantitative estimate of drug-likeness (QED) is 0.442. The molecule has 0 unspecified atom stereocenters. The molecule has 0 radical (unpaired) electrons. The number of hydrogen-bond donors (Lipinski definition) is 4. The van der Waals surface area contributed by atoms with E-state index in [1.807, 2.05) is 0 Å². The predicted molar refractivity (Wildman–Crippen MR) is 65.4 cm³/mol. The van der Waals surface area contributed by atoms with E-state index in [1.165, 1.54) is 18.2 Å². The molecule has 0 aromatic heterocycles. The van der Waals surface area contributed by atoms with Crippen molar-refractivity contribution < 1.29 is 19.8 Å². The zero-order valence-electron chi connectivity index (χ0n) is 9.43. The van der Waals surface area contributed by atoms with Gasteiger partial charge in [-0.1, -0.05) is 5.92 Å². The Balaban J connectivity index is 2.64. The first-order chi connectivity index (χ1) is 8.54. The first-order valence-electron chi connectivity index (χ1n) is 5.05. The van der Waals surface area contributed by atoms with Crippen LogP contribution in [0.25, 0.3) is 0 Å². The van der Waals surface area contributed by atoms with Gasteiger partial charge in [0.25, 0.3) is 0 Å². The van der Waals surface area contributed by atoms with E-state index in [4.69, 9.17) is 11.5 Å². The van der Waals surface area contributed by atoms with E-state index in [9.17, 15) is 14.7 Å². The number of rotatable bonds is 5. The molecule has 94 valence electrons. The molecule has 1 rings (SSSR count). The number of aromatic hydroxyl groups is 1. The fourth-order valence-electron chi connectivity index (χ4n) is 1.24. The number of carboxylic acid groups (broad SMARTS) is 1. The number of phenols is 1. The SMILES string of the molecule is C#CCNCC(=O)Nc1ccc(C(=O)O)c(O)c1. The van der Waals surface area contributed by atoms with Gasteiger partial charge < -0.3 is 15.5 Å². The first-order valence-corrected chi connectivity index (χ1v) is 5.05. The maximum absolute atomic E-state index is 11.4. The Kier molecular flexibility index (Phi) is 4.72. The molecule has 6 nitrogen and oxygen atoms in total. The maximum atomic E-state index is 11.4. The van der Waals surface area contributed by atoms with Crippen molar-refractivity contribution in [2.75, 3.05) is 18.4 Å². The summed E-state index contributed by atoms with van der Waals surface area (Å²) in [6.45, 7) is 0.308. The summed E-state index contributed by atoms with van der Waals surface area (Å²) < 4.78 is 0. The van der Waals surface area contributed by atoms with Gasteiger partial charge in [-0.2, -0.15) is 0 Å². The van der Waals surface area contributed by atoms with Crippen molar-refractivity contribution >= 4 is 17.6 Å². The first kappa shape index (κ1) is 13.5. The van der Waals surface area contributed by atoms with E-state index < -0.39 is 11.7 Å². The van der Waals surface area contributed by atoms with Crippen LogP contribution in [0.1, 0.15) is 10.4 Å². The van der Waals surface area contributed by atoms with Gasteiger partial charge in [-0.15, -0.1) is 6.42 Å². The number of terminal acetylenes is 1. The number of carbonyl (C=O) groups is 2. The van der Waals surface area contributed by atoms with Crippen molar-refractivity contribution in [1.29, 1.82) is 0 Å². The standard InChI is InChI=1S/C12H12N2O4/c1-2-5-13-7-11(16)14-8-3-4-9(12(17)18)10(15)6-8/h1,3-4,6,13,15H,5,7H2,(H,14,16)(H,17,18). The summed E-state index contributed by atoms with van der Waals surface area (Å²) in [5.74, 6) is 0.339. The van der Waals surface area contributed by atoms with E-state index >= 15 is 0 Å². The van der Waals surface area contributed by atoms with Crippen LogP contribution in [0.2, 0.25) is 0 Å². The van der Waals surface area contributed by atoms with Crippen LogP contribution in [0.15, 0.2) is 18.2 Å². The highest BCUT2D eigenvalue weighted by Gasteiger charge is 2.10. The molecule has 0 aliphatic rings. The zero-order valence-corrected chi connectivity index (χ0v) is 9.43. The second-order valence-corrected chi connectivity index (χ2v) is 3.39. The predicted octanol–water partition coefficient (Wildman–Crippen LogP) is 0.252. The maximum Gasteiger partial charge on any atom is 0.339 e. The van der Waals surface area contributed by atoms with Crippen molar-refractivity contribution in [3.05, 3.63) is 23.8 Å². The minimum absolute atomic E-state index is 0.0334. The molecule has 0 saturated heterocycles. The van der Waals surface area contributed by atoms with Gasteiger partial charge in [0.1, 0.15) is 11.3 Å². The lowest BCUT2D eigenvalue weighted by atomic mass is 10.2. The van der Waals surface area contributed by atoms with Crippen molar-refractivity contribution in [3.63, 3.8) is 0 Å². The van der Waals surface area contributed by atoms with Crippen molar-refractivity contribution in [2.24, 2.45) is 0 Å². The summed E-state index contributed by atoms with van der Waals surface area (Å²) in [5, 5.41) is 23.3. The number of amides is 1. The molecule has 0 bridgehead atoms. The van der Waals surface area contributed by atoms with Crippen LogP contribution < -0.4 is 10.6 Å². The number of aromatic carboxylic acids is 1. The van der Waals surface area contributed by atoms with Crippen LogP contribution in [-0.4, -0.2) is 35.2 Å². The topological polar surface area (TPSA) is 98.7 Å². The minimum Gasteiger partial charge on any atom is -0.507 e. The van der Waals surface area contributed by atoms with Crippen LogP contribution in [0, 0.1) is 12.3 Å². The Labute approximate surface area is 104 Å². The molecule has 18 heavy (non-hydrogen) atoms. The third-order valence-corrected chi connectivity index (χ3v) is 2.02. The normalized spacial score (nSPS) is 9.50. The number of nitrogens with one attached hydrogen (secondary N) is 2. The fourth-order valence-corrected chi connectivity index (χ4v) is 1.24. The van der Waals surface area contributed by atoms with E-state index in [0.717, 1.165) is 0 Å². The Morgan fingerprint density at radius 3 is 2.67 bits per heavy atom. The second-order valence-electron chi connectivity index (χ2n) is 3.39. The van der Waals surface area contributed by atoms with Crippen LogP contribution in [0.4, 0.5) is 5.69 Å². The average Bonchev–Trinajstić information content (AvgIpc) is 2.28. The summed E-state index contributed by atoms with van der Waals surface area (Å²) in [7, 11) is 0. The van der Waals surface area contributed by atoms with Gasteiger partial charge in [-0.3, -0.25) is 10.1 Å². The van der Waals surface area contributed by atoms with Crippen LogP contribution >= 0.6 is 0 Å². The largest absolute Gasteiger partial charge is 0.507 e. The molecule has 1 amide bonds. The number of carboxylic acids is 1. The lowest BCUT2D eigenvalue weighted by molar-refractivity contribution is -0.115. The fraction of sp³-hybridized carbons (Fsp3) is 0.167.